The third kappa shape index (κ3) is 3.55. The molecule has 0 fully saturated rings. The minimum absolute atomic E-state index is 0. The van der Waals surface area contributed by atoms with Gasteiger partial charge in [0.05, 0.1) is 0 Å². The summed E-state index contributed by atoms with van der Waals surface area (Å²) in [6.07, 6.45) is -0.879. The number of fused-ring (bicyclic) bond motifs is 1. The van der Waals surface area contributed by atoms with Crippen LogP contribution >= 0.6 is 12.4 Å². The second-order valence-corrected chi connectivity index (χ2v) is 4.67. The largest absolute Gasteiger partial charge is 0.482 e. The van der Waals surface area contributed by atoms with Gasteiger partial charge in [-0.05, 0) is 26.1 Å². The van der Waals surface area contributed by atoms with Gasteiger partial charge in [0.25, 0.3) is 5.91 Å². The van der Waals surface area contributed by atoms with Gasteiger partial charge in [-0.2, -0.15) is 0 Å². The molecule has 2 rings (SSSR count). The highest BCUT2D eigenvalue weighted by atomic mass is 35.5. The van der Waals surface area contributed by atoms with Gasteiger partial charge in [0.1, 0.15) is 6.10 Å². The number of nitrogens with one attached hydrogen (secondary N) is 1. The second kappa shape index (κ2) is 7.36. The molecule has 0 bridgehead atoms. The number of para-hydroxylation sites is 2. The molecular weight excluding hydrogens is 280 g/mol. The van der Waals surface area contributed by atoms with Crippen LogP contribution in [0.5, 0.6) is 11.5 Å². The van der Waals surface area contributed by atoms with Crippen molar-refractivity contribution in [3.05, 3.63) is 24.3 Å². The smallest absolute Gasteiger partial charge is 0.267 e. The summed E-state index contributed by atoms with van der Waals surface area (Å²) >= 11 is 0. The van der Waals surface area contributed by atoms with E-state index in [1.54, 1.807) is 11.9 Å². The molecule has 20 heavy (non-hydrogen) atoms. The maximum absolute atomic E-state index is 12.3. The van der Waals surface area contributed by atoms with Crippen LogP contribution in [0.3, 0.4) is 0 Å². The third-order valence-corrected chi connectivity index (χ3v) is 3.16. The first-order valence-electron chi connectivity index (χ1n) is 6.45. The number of likely N-dealkylation sites (N-methyl/N-ethyl adjacent to an activating group) is 2. The molecule has 5 nitrogen and oxygen atoms in total. The van der Waals surface area contributed by atoms with Crippen LogP contribution < -0.4 is 14.8 Å². The first-order chi connectivity index (χ1) is 9.13. The Morgan fingerprint density at radius 1 is 1.30 bits per heavy atom. The molecule has 112 valence electrons. The van der Waals surface area contributed by atoms with Crippen LogP contribution in [0.4, 0.5) is 0 Å². The SMILES string of the molecule is CNCCN(C)C(=O)C1Oc2ccccc2OC1C.Cl. The van der Waals surface area contributed by atoms with Crippen molar-refractivity contribution in [3.8, 4) is 11.5 Å². The molecule has 6 heteroatoms. The van der Waals surface area contributed by atoms with Gasteiger partial charge in [0.15, 0.2) is 11.5 Å². The van der Waals surface area contributed by atoms with Crippen molar-refractivity contribution < 1.29 is 14.3 Å². The average Bonchev–Trinajstić information content (AvgIpc) is 2.43. The predicted molar refractivity (Wildman–Crippen MR) is 79.8 cm³/mol. The van der Waals surface area contributed by atoms with Crippen molar-refractivity contribution in [3.63, 3.8) is 0 Å². The van der Waals surface area contributed by atoms with E-state index in [0.717, 1.165) is 6.54 Å². The normalized spacial score (nSPS) is 19.9. The number of ether oxygens (including phenoxy) is 2. The van der Waals surface area contributed by atoms with E-state index in [-0.39, 0.29) is 24.4 Å². The van der Waals surface area contributed by atoms with Gasteiger partial charge in [0, 0.05) is 20.1 Å². The molecule has 1 aliphatic heterocycles. The van der Waals surface area contributed by atoms with Crippen LogP contribution in [0.2, 0.25) is 0 Å². The number of benzene rings is 1. The van der Waals surface area contributed by atoms with E-state index in [9.17, 15) is 4.79 Å². The van der Waals surface area contributed by atoms with Gasteiger partial charge >= 0.3 is 0 Å². The average molecular weight is 301 g/mol. The third-order valence-electron chi connectivity index (χ3n) is 3.16. The standard InChI is InChI=1S/C14H20N2O3.ClH/c1-10-13(14(17)16(3)9-8-15-2)19-12-7-5-4-6-11(12)18-10;/h4-7,10,13,15H,8-9H2,1-3H3;1H. The molecule has 1 N–H and O–H groups in total. The molecular formula is C14H21ClN2O3. The summed E-state index contributed by atoms with van der Waals surface area (Å²) < 4.78 is 11.5. The van der Waals surface area contributed by atoms with E-state index in [2.05, 4.69) is 5.32 Å². The number of nitrogens with zero attached hydrogens (tertiary/aromatic N) is 1. The van der Waals surface area contributed by atoms with E-state index in [4.69, 9.17) is 9.47 Å². The van der Waals surface area contributed by atoms with E-state index >= 15 is 0 Å². The fraction of sp³-hybridized carbons (Fsp3) is 0.500. The van der Waals surface area contributed by atoms with Crippen LogP contribution in [0.25, 0.3) is 0 Å². The maximum atomic E-state index is 12.3. The molecule has 2 atom stereocenters. The van der Waals surface area contributed by atoms with Gasteiger partial charge in [0.2, 0.25) is 6.10 Å². The predicted octanol–water partition coefficient (Wildman–Crippen LogP) is 1.31. The molecule has 0 radical (unpaired) electrons. The van der Waals surface area contributed by atoms with Gasteiger partial charge < -0.3 is 19.7 Å². The molecule has 0 saturated heterocycles. The summed E-state index contributed by atoms with van der Waals surface area (Å²) in [5.74, 6) is 1.26. The molecule has 1 aliphatic rings. The Morgan fingerprint density at radius 3 is 2.50 bits per heavy atom. The topological polar surface area (TPSA) is 50.8 Å². The zero-order valence-corrected chi connectivity index (χ0v) is 12.8. The Hall–Kier alpha value is -1.46. The highest BCUT2D eigenvalue weighted by molar-refractivity contribution is 5.85. The maximum Gasteiger partial charge on any atom is 0.267 e. The lowest BCUT2D eigenvalue weighted by Gasteiger charge is -2.33. The zero-order chi connectivity index (χ0) is 13.8. The number of rotatable bonds is 4. The van der Waals surface area contributed by atoms with E-state index in [0.29, 0.717) is 18.0 Å². The summed E-state index contributed by atoms with van der Waals surface area (Å²) in [4.78, 5) is 14.0. The molecule has 2 unspecified atom stereocenters. The second-order valence-electron chi connectivity index (χ2n) is 4.67. The van der Waals surface area contributed by atoms with E-state index in [1.165, 1.54) is 0 Å². The van der Waals surface area contributed by atoms with Crippen molar-refractivity contribution in [2.24, 2.45) is 0 Å². The molecule has 0 saturated carbocycles. The van der Waals surface area contributed by atoms with Gasteiger partial charge in [-0.15, -0.1) is 12.4 Å². The van der Waals surface area contributed by atoms with Gasteiger partial charge in [-0.3, -0.25) is 4.79 Å². The first-order valence-corrected chi connectivity index (χ1v) is 6.45. The quantitative estimate of drug-likeness (QED) is 0.911. The minimum Gasteiger partial charge on any atom is -0.482 e. The Balaban J connectivity index is 0.00000200. The summed E-state index contributed by atoms with van der Waals surface area (Å²) in [5.41, 5.74) is 0. The summed E-state index contributed by atoms with van der Waals surface area (Å²) in [6, 6.07) is 7.41. The molecule has 1 aromatic rings. The van der Waals surface area contributed by atoms with Crippen molar-refractivity contribution in [2.75, 3.05) is 27.2 Å². The van der Waals surface area contributed by atoms with Crippen LogP contribution in [-0.4, -0.2) is 50.2 Å². The minimum atomic E-state index is -0.586. The Kier molecular flexibility index (Phi) is 6.10. The highest BCUT2D eigenvalue weighted by Gasteiger charge is 2.35. The summed E-state index contributed by atoms with van der Waals surface area (Å²) in [5, 5.41) is 3.02. The van der Waals surface area contributed by atoms with Crippen LogP contribution in [0.15, 0.2) is 24.3 Å². The Labute approximate surface area is 125 Å². The highest BCUT2D eigenvalue weighted by Crippen LogP contribution is 2.33. The Morgan fingerprint density at radius 2 is 1.90 bits per heavy atom. The molecule has 0 aliphatic carbocycles. The van der Waals surface area contributed by atoms with Gasteiger partial charge in [-0.1, -0.05) is 12.1 Å². The number of halogens is 1. The first kappa shape index (κ1) is 16.6. The van der Waals surface area contributed by atoms with Crippen molar-refractivity contribution in [1.29, 1.82) is 0 Å². The fourth-order valence-corrected chi connectivity index (χ4v) is 2.00. The van der Waals surface area contributed by atoms with Crippen LogP contribution in [-0.2, 0) is 4.79 Å². The lowest BCUT2D eigenvalue weighted by molar-refractivity contribution is -0.142. The fourth-order valence-electron chi connectivity index (χ4n) is 2.00. The van der Waals surface area contributed by atoms with Crippen molar-refractivity contribution in [2.45, 2.75) is 19.1 Å². The number of carbonyl (C=O) groups excluding carboxylic acids is 1. The molecule has 1 aromatic carbocycles. The number of hydrogen-bond donors (Lipinski definition) is 1. The molecule has 0 aromatic heterocycles. The Bertz CT molecular complexity index is 456. The van der Waals surface area contributed by atoms with Crippen LogP contribution in [0.1, 0.15) is 6.92 Å². The lowest BCUT2D eigenvalue weighted by atomic mass is 10.1. The van der Waals surface area contributed by atoms with E-state index < -0.39 is 6.10 Å². The summed E-state index contributed by atoms with van der Waals surface area (Å²) in [6.45, 7) is 3.24. The zero-order valence-electron chi connectivity index (χ0n) is 12.0. The van der Waals surface area contributed by atoms with Crippen LogP contribution in [0, 0.1) is 0 Å². The number of hydrogen-bond acceptors (Lipinski definition) is 4. The van der Waals surface area contributed by atoms with Gasteiger partial charge in [-0.25, -0.2) is 0 Å². The number of amides is 1. The monoisotopic (exact) mass is 300 g/mol. The lowest BCUT2D eigenvalue weighted by Crippen LogP contribution is -2.50. The van der Waals surface area contributed by atoms with E-state index in [1.807, 2.05) is 38.2 Å². The molecule has 0 spiro atoms. The van der Waals surface area contributed by atoms with Crippen molar-refractivity contribution in [1.82, 2.24) is 10.2 Å². The molecule has 1 heterocycles. The number of carbonyl (C=O) groups is 1. The van der Waals surface area contributed by atoms with Crippen molar-refractivity contribution >= 4 is 18.3 Å². The molecule has 1 amide bonds. The summed E-state index contributed by atoms with van der Waals surface area (Å²) in [7, 11) is 3.63.